The highest BCUT2D eigenvalue weighted by atomic mass is 19.1. The lowest BCUT2D eigenvalue weighted by Crippen LogP contribution is -2.35. The van der Waals surface area contributed by atoms with Gasteiger partial charge in [-0.2, -0.15) is 4.39 Å². The van der Waals surface area contributed by atoms with Gasteiger partial charge in [0.25, 0.3) is 5.56 Å². The molecule has 0 saturated carbocycles. The monoisotopic (exact) mass is 284 g/mol. The molecule has 2 aromatic rings. The topological polar surface area (TPSA) is 134 Å². The van der Waals surface area contributed by atoms with Gasteiger partial charge in [-0.25, -0.2) is 4.98 Å². The van der Waals surface area contributed by atoms with Gasteiger partial charge in [-0.05, 0) is 0 Å². The Hall–Kier alpha value is -1.81. The van der Waals surface area contributed by atoms with Crippen LogP contribution in [0, 0.1) is 5.95 Å². The van der Waals surface area contributed by atoms with Gasteiger partial charge in [0.05, 0.1) is 36.7 Å². The molecule has 1 aliphatic heterocycles. The van der Waals surface area contributed by atoms with E-state index in [1.165, 1.54) is 0 Å². The van der Waals surface area contributed by atoms with Crippen molar-refractivity contribution in [2.24, 2.45) is 0 Å². The number of rotatable bonds is 2. The van der Waals surface area contributed by atoms with Gasteiger partial charge >= 0.3 is 0 Å². The van der Waals surface area contributed by atoms with Crippen LogP contribution in [0.5, 0.6) is 0 Å². The van der Waals surface area contributed by atoms with Crippen molar-refractivity contribution >= 4 is 11.0 Å². The summed E-state index contributed by atoms with van der Waals surface area (Å²) in [6, 6.07) is -1.74. The summed E-state index contributed by atoms with van der Waals surface area (Å²) in [6.45, 7) is -0.410. The van der Waals surface area contributed by atoms with Crippen molar-refractivity contribution < 1.29 is 19.7 Å². The average Bonchev–Trinajstić information content (AvgIpc) is 2.90. The number of nitrogens with zero attached hydrogens (tertiary/aromatic N) is 1. The van der Waals surface area contributed by atoms with Gasteiger partial charge < -0.3 is 30.6 Å². The standard InChI is InChI=1S/C11H13FN4O4/c12-10-4(5-7(16-10)11(20)14-2-13-5)6-9(19)8(18)3(1-17)15-6/h2-3,6,8-9,15-19H,1H2,(H,13,14,20)/t3-,6+,8-,9+/m1/s1. The number of aliphatic hydroxyl groups is 3. The summed E-state index contributed by atoms with van der Waals surface area (Å²) in [5.74, 6) is -0.813. The number of aromatic amines is 2. The summed E-state index contributed by atoms with van der Waals surface area (Å²) >= 11 is 0. The summed E-state index contributed by atoms with van der Waals surface area (Å²) < 4.78 is 14.0. The lowest BCUT2D eigenvalue weighted by molar-refractivity contribution is 0.0192. The maximum absolute atomic E-state index is 14.0. The molecule has 20 heavy (non-hydrogen) atoms. The van der Waals surface area contributed by atoms with Crippen LogP contribution in [-0.4, -0.2) is 55.1 Å². The largest absolute Gasteiger partial charge is 0.395 e. The molecule has 3 heterocycles. The van der Waals surface area contributed by atoms with Gasteiger partial charge in [0.15, 0.2) is 5.95 Å². The Morgan fingerprint density at radius 3 is 2.75 bits per heavy atom. The van der Waals surface area contributed by atoms with Crippen molar-refractivity contribution in [2.45, 2.75) is 24.3 Å². The molecule has 2 aromatic heterocycles. The van der Waals surface area contributed by atoms with Crippen molar-refractivity contribution in [1.29, 1.82) is 0 Å². The minimum atomic E-state index is -1.32. The quantitative estimate of drug-likeness (QED) is 0.382. The van der Waals surface area contributed by atoms with Crippen molar-refractivity contribution in [2.75, 3.05) is 6.61 Å². The van der Waals surface area contributed by atoms with Gasteiger partial charge in [-0.15, -0.1) is 0 Å². The summed E-state index contributed by atoms with van der Waals surface area (Å²) in [5, 5.41) is 31.5. The first-order chi connectivity index (χ1) is 9.54. The fourth-order valence-electron chi connectivity index (χ4n) is 2.56. The third-order valence-corrected chi connectivity index (χ3v) is 3.58. The first kappa shape index (κ1) is 13.2. The van der Waals surface area contributed by atoms with Crippen LogP contribution in [0.2, 0.25) is 0 Å². The number of halogens is 1. The van der Waals surface area contributed by atoms with E-state index in [0.29, 0.717) is 0 Å². The van der Waals surface area contributed by atoms with Crippen LogP contribution in [0.3, 0.4) is 0 Å². The number of hydrogen-bond donors (Lipinski definition) is 6. The minimum Gasteiger partial charge on any atom is -0.395 e. The molecular formula is C11H13FN4O4. The van der Waals surface area contributed by atoms with Crippen LogP contribution >= 0.6 is 0 Å². The molecule has 6 N–H and O–H groups in total. The molecule has 9 heteroatoms. The first-order valence-electron chi connectivity index (χ1n) is 6.02. The smallest absolute Gasteiger partial charge is 0.275 e. The molecule has 4 atom stereocenters. The Morgan fingerprint density at radius 1 is 1.35 bits per heavy atom. The molecule has 108 valence electrons. The van der Waals surface area contributed by atoms with E-state index in [1.807, 2.05) is 0 Å². The van der Waals surface area contributed by atoms with Gasteiger partial charge in [0.1, 0.15) is 17.1 Å². The zero-order valence-electron chi connectivity index (χ0n) is 10.2. The van der Waals surface area contributed by atoms with Crippen LogP contribution in [0.4, 0.5) is 4.39 Å². The van der Waals surface area contributed by atoms with Crippen molar-refractivity contribution in [3.05, 3.63) is 28.2 Å². The Kier molecular flexibility index (Phi) is 3.05. The zero-order valence-corrected chi connectivity index (χ0v) is 10.2. The summed E-state index contributed by atoms with van der Waals surface area (Å²) in [7, 11) is 0. The molecule has 1 fully saturated rings. The number of H-pyrrole nitrogens is 2. The van der Waals surface area contributed by atoms with E-state index in [9.17, 15) is 19.4 Å². The van der Waals surface area contributed by atoms with E-state index in [2.05, 4.69) is 20.3 Å². The predicted molar refractivity (Wildman–Crippen MR) is 65.4 cm³/mol. The Labute approximate surface area is 111 Å². The van der Waals surface area contributed by atoms with Crippen LogP contribution in [0.1, 0.15) is 11.6 Å². The molecule has 0 aromatic carbocycles. The minimum absolute atomic E-state index is 0.0337. The molecule has 0 spiro atoms. The molecule has 0 bridgehead atoms. The zero-order chi connectivity index (χ0) is 14.4. The summed E-state index contributed by atoms with van der Waals surface area (Å²) in [6.07, 6.45) is -1.43. The second kappa shape index (κ2) is 4.63. The Balaban J connectivity index is 2.14. The van der Waals surface area contributed by atoms with E-state index < -0.39 is 42.4 Å². The normalized spacial score (nSPS) is 30.2. The van der Waals surface area contributed by atoms with Crippen molar-refractivity contribution in [3.8, 4) is 0 Å². The lowest BCUT2D eigenvalue weighted by atomic mass is 10.0. The first-order valence-corrected chi connectivity index (χ1v) is 6.02. The highest BCUT2D eigenvalue weighted by Crippen LogP contribution is 2.32. The van der Waals surface area contributed by atoms with Gasteiger partial charge in [-0.1, -0.05) is 0 Å². The molecule has 0 radical (unpaired) electrons. The highest BCUT2D eigenvalue weighted by Gasteiger charge is 2.43. The molecule has 0 amide bonds. The number of hydrogen-bond acceptors (Lipinski definition) is 6. The maximum atomic E-state index is 14.0. The summed E-state index contributed by atoms with van der Waals surface area (Å²) in [4.78, 5) is 20.0. The molecule has 1 aliphatic rings. The molecule has 0 aliphatic carbocycles. The molecule has 3 rings (SSSR count). The second-order valence-electron chi connectivity index (χ2n) is 4.72. The number of aromatic nitrogens is 3. The lowest BCUT2D eigenvalue weighted by Gasteiger charge is -2.14. The summed E-state index contributed by atoms with van der Waals surface area (Å²) in [5.41, 5.74) is -0.537. The third-order valence-electron chi connectivity index (χ3n) is 3.58. The second-order valence-corrected chi connectivity index (χ2v) is 4.72. The molecular weight excluding hydrogens is 271 g/mol. The van der Waals surface area contributed by atoms with Crippen LogP contribution in [0.25, 0.3) is 11.0 Å². The number of nitrogens with one attached hydrogen (secondary N) is 3. The van der Waals surface area contributed by atoms with E-state index in [0.717, 1.165) is 6.33 Å². The Morgan fingerprint density at radius 2 is 2.10 bits per heavy atom. The van der Waals surface area contributed by atoms with E-state index in [4.69, 9.17) is 5.11 Å². The van der Waals surface area contributed by atoms with E-state index in [1.54, 1.807) is 0 Å². The van der Waals surface area contributed by atoms with Crippen molar-refractivity contribution in [1.82, 2.24) is 20.3 Å². The third kappa shape index (κ3) is 1.75. The number of aliphatic hydroxyl groups excluding tert-OH is 3. The fourth-order valence-corrected chi connectivity index (χ4v) is 2.56. The van der Waals surface area contributed by atoms with E-state index >= 15 is 0 Å². The average molecular weight is 284 g/mol. The molecule has 0 unspecified atom stereocenters. The fraction of sp³-hybridized carbons (Fsp3) is 0.455. The number of fused-ring (bicyclic) bond motifs is 1. The van der Waals surface area contributed by atoms with Crippen LogP contribution in [0.15, 0.2) is 11.1 Å². The SMILES string of the molecule is O=c1[nH]cnc2c([C@@H]3N[C@H](CO)[C@@H](O)[C@H]3O)c(F)[nH]c12. The van der Waals surface area contributed by atoms with Crippen LogP contribution < -0.4 is 10.9 Å². The maximum Gasteiger partial charge on any atom is 0.275 e. The predicted octanol–water partition coefficient (Wildman–Crippen LogP) is -1.88. The van der Waals surface area contributed by atoms with Gasteiger partial charge in [-0.3, -0.25) is 4.79 Å². The van der Waals surface area contributed by atoms with Crippen LogP contribution in [-0.2, 0) is 0 Å². The van der Waals surface area contributed by atoms with Gasteiger partial charge in [0, 0.05) is 0 Å². The van der Waals surface area contributed by atoms with Gasteiger partial charge in [0.2, 0.25) is 0 Å². The van der Waals surface area contributed by atoms with Crippen molar-refractivity contribution in [3.63, 3.8) is 0 Å². The molecule has 1 saturated heterocycles. The highest BCUT2D eigenvalue weighted by molar-refractivity contribution is 5.78. The molecule has 8 nitrogen and oxygen atoms in total. The Bertz CT molecular complexity index is 699. The van der Waals surface area contributed by atoms with E-state index in [-0.39, 0.29) is 16.6 Å².